The first-order valence-corrected chi connectivity index (χ1v) is 8.99. The summed E-state index contributed by atoms with van der Waals surface area (Å²) in [6.07, 6.45) is 1.39. The number of aliphatic imine (C=N–C) groups is 1. The molecule has 26 heavy (non-hydrogen) atoms. The summed E-state index contributed by atoms with van der Waals surface area (Å²) in [7, 11) is 0. The lowest BCUT2D eigenvalue weighted by atomic mass is 10.1. The Hall–Kier alpha value is -2.77. The fourth-order valence-electron chi connectivity index (χ4n) is 3.14. The van der Waals surface area contributed by atoms with E-state index in [-0.39, 0.29) is 12.1 Å². The Bertz CT molecular complexity index is 792. The maximum Gasteiger partial charge on any atom is 0.409 e. The third kappa shape index (κ3) is 4.25. The zero-order chi connectivity index (χ0) is 18.5. The van der Waals surface area contributed by atoms with E-state index in [1.807, 2.05) is 32.0 Å². The van der Waals surface area contributed by atoms with Gasteiger partial charge in [0.1, 0.15) is 12.4 Å². The molecule has 0 saturated carbocycles. The Kier molecular flexibility index (Phi) is 5.60. The second-order valence-corrected chi connectivity index (χ2v) is 6.46. The Balaban J connectivity index is 1.51. The SMILES string of the molecule is CCOC(=O)N1CCC(NC(N)=NCc2nc3c(C)cccc3[nH]2)CC1. The number of nitrogens with two attached hydrogens (primary N) is 1. The van der Waals surface area contributed by atoms with Crippen molar-refractivity contribution in [2.24, 2.45) is 10.7 Å². The molecule has 0 unspecified atom stereocenters. The lowest BCUT2D eigenvalue weighted by Gasteiger charge is -2.31. The molecular formula is C18H26N6O2. The van der Waals surface area contributed by atoms with Crippen molar-refractivity contribution in [2.75, 3.05) is 19.7 Å². The van der Waals surface area contributed by atoms with Crippen molar-refractivity contribution in [3.8, 4) is 0 Å². The molecule has 0 radical (unpaired) electrons. The molecule has 1 saturated heterocycles. The van der Waals surface area contributed by atoms with Crippen molar-refractivity contribution in [3.05, 3.63) is 29.6 Å². The number of carbonyl (C=O) groups excluding carboxylic acids is 1. The van der Waals surface area contributed by atoms with Crippen LogP contribution in [0.15, 0.2) is 23.2 Å². The Morgan fingerprint density at radius 1 is 1.46 bits per heavy atom. The molecule has 0 bridgehead atoms. The zero-order valence-corrected chi connectivity index (χ0v) is 15.3. The number of carbonyl (C=O) groups is 1. The molecule has 2 aromatic rings. The van der Waals surface area contributed by atoms with E-state index < -0.39 is 0 Å². The van der Waals surface area contributed by atoms with Gasteiger partial charge in [-0.3, -0.25) is 0 Å². The van der Waals surface area contributed by atoms with Gasteiger partial charge in [0, 0.05) is 19.1 Å². The van der Waals surface area contributed by atoms with E-state index in [0.717, 1.165) is 35.3 Å². The molecule has 1 aliphatic rings. The summed E-state index contributed by atoms with van der Waals surface area (Å²) in [6.45, 7) is 5.97. The summed E-state index contributed by atoms with van der Waals surface area (Å²) in [4.78, 5) is 25.7. The van der Waals surface area contributed by atoms with Gasteiger partial charge in [0.25, 0.3) is 0 Å². The van der Waals surface area contributed by atoms with Crippen LogP contribution in [0, 0.1) is 6.92 Å². The minimum absolute atomic E-state index is 0.211. The Morgan fingerprint density at radius 3 is 2.92 bits per heavy atom. The van der Waals surface area contributed by atoms with Gasteiger partial charge in [-0.15, -0.1) is 0 Å². The molecule has 2 heterocycles. The summed E-state index contributed by atoms with van der Waals surface area (Å²) in [5, 5.41) is 3.23. The van der Waals surface area contributed by atoms with Crippen LogP contribution in [0.4, 0.5) is 4.79 Å². The standard InChI is InChI=1S/C18H26N6O2/c1-3-26-18(25)24-9-7-13(8-10-24)21-17(19)20-11-15-22-14-6-4-5-12(2)16(14)23-15/h4-6,13H,3,7-11H2,1-2H3,(H,22,23)(H3,19,20,21). The second kappa shape index (κ2) is 8.07. The van der Waals surface area contributed by atoms with Crippen LogP contribution < -0.4 is 11.1 Å². The van der Waals surface area contributed by atoms with Crippen LogP contribution in [0.25, 0.3) is 11.0 Å². The number of amides is 1. The third-order valence-corrected chi connectivity index (χ3v) is 4.54. The number of rotatable bonds is 4. The molecule has 0 aliphatic carbocycles. The van der Waals surface area contributed by atoms with Gasteiger partial charge in [-0.1, -0.05) is 12.1 Å². The zero-order valence-electron chi connectivity index (χ0n) is 15.3. The van der Waals surface area contributed by atoms with Crippen molar-refractivity contribution in [1.82, 2.24) is 20.2 Å². The van der Waals surface area contributed by atoms with E-state index in [2.05, 4.69) is 20.3 Å². The Morgan fingerprint density at radius 2 is 2.23 bits per heavy atom. The molecule has 1 fully saturated rings. The van der Waals surface area contributed by atoms with Crippen molar-refractivity contribution in [2.45, 2.75) is 39.3 Å². The maximum absolute atomic E-state index is 11.7. The highest BCUT2D eigenvalue weighted by atomic mass is 16.6. The molecule has 3 rings (SSSR count). The number of H-pyrrole nitrogens is 1. The van der Waals surface area contributed by atoms with Crippen LogP contribution in [0.3, 0.4) is 0 Å². The summed E-state index contributed by atoms with van der Waals surface area (Å²) >= 11 is 0. The molecule has 1 aromatic carbocycles. The van der Waals surface area contributed by atoms with Gasteiger partial charge in [0.05, 0.1) is 17.6 Å². The number of imidazole rings is 1. The fraction of sp³-hybridized carbons (Fsp3) is 0.500. The topological polar surface area (TPSA) is 109 Å². The normalized spacial score (nSPS) is 16.1. The summed E-state index contributed by atoms with van der Waals surface area (Å²) in [5.74, 6) is 1.19. The average Bonchev–Trinajstić information content (AvgIpc) is 3.05. The highest BCUT2D eigenvalue weighted by Gasteiger charge is 2.23. The largest absolute Gasteiger partial charge is 0.450 e. The summed E-state index contributed by atoms with van der Waals surface area (Å²) in [6, 6.07) is 6.25. The first-order valence-electron chi connectivity index (χ1n) is 8.99. The smallest absolute Gasteiger partial charge is 0.409 e. The predicted octanol–water partition coefficient (Wildman–Crippen LogP) is 1.90. The number of aromatic nitrogens is 2. The van der Waals surface area contributed by atoms with Crippen molar-refractivity contribution in [3.63, 3.8) is 0 Å². The van der Waals surface area contributed by atoms with Crippen LogP contribution in [-0.4, -0.2) is 52.7 Å². The molecular weight excluding hydrogens is 332 g/mol. The maximum atomic E-state index is 11.7. The molecule has 0 atom stereocenters. The van der Waals surface area contributed by atoms with Crippen LogP contribution in [-0.2, 0) is 11.3 Å². The molecule has 8 heteroatoms. The molecule has 4 N–H and O–H groups in total. The monoisotopic (exact) mass is 358 g/mol. The molecule has 8 nitrogen and oxygen atoms in total. The minimum Gasteiger partial charge on any atom is -0.450 e. The Labute approximate surface area is 152 Å². The van der Waals surface area contributed by atoms with Gasteiger partial charge in [-0.2, -0.15) is 0 Å². The number of guanidine groups is 1. The van der Waals surface area contributed by atoms with Crippen LogP contribution in [0.2, 0.25) is 0 Å². The number of fused-ring (bicyclic) bond motifs is 1. The summed E-state index contributed by atoms with van der Waals surface area (Å²) in [5.41, 5.74) is 9.12. The fourth-order valence-corrected chi connectivity index (χ4v) is 3.14. The average molecular weight is 358 g/mol. The second-order valence-electron chi connectivity index (χ2n) is 6.46. The molecule has 0 spiro atoms. The van der Waals surface area contributed by atoms with Gasteiger partial charge < -0.3 is 25.7 Å². The van der Waals surface area contributed by atoms with Gasteiger partial charge >= 0.3 is 6.09 Å². The number of hydrogen-bond acceptors (Lipinski definition) is 4. The van der Waals surface area contributed by atoms with Gasteiger partial charge in [-0.05, 0) is 38.3 Å². The number of aryl methyl sites for hydroxylation is 1. The number of nitrogens with one attached hydrogen (secondary N) is 2. The van der Waals surface area contributed by atoms with E-state index in [4.69, 9.17) is 10.5 Å². The van der Waals surface area contributed by atoms with Crippen molar-refractivity contribution >= 4 is 23.1 Å². The number of para-hydroxylation sites is 1. The summed E-state index contributed by atoms with van der Waals surface area (Å²) < 4.78 is 5.03. The van der Waals surface area contributed by atoms with Crippen molar-refractivity contribution < 1.29 is 9.53 Å². The van der Waals surface area contributed by atoms with Gasteiger partial charge in [-0.25, -0.2) is 14.8 Å². The molecule has 140 valence electrons. The van der Waals surface area contributed by atoms with E-state index >= 15 is 0 Å². The minimum atomic E-state index is -0.243. The number of ether oxygens (including phenoxy) is 1. The molecule has 1 aliphatic heterocycles. The van der Waals surface area contributed by atoms with Gasteiger partial charge in [0.2, 0.25) is 0 Å². The van der Waals surface area contributed by atoms with E-state index in [0.29, 0.717) is 32.2 Å². The first kappa shape index (κ1) is 18.0. The van der Waals surface area contributed by atoms with Crippen molar-refractivity contribution in [1.29, 1.82) is 0 Å². The van der Waals surface area contributed by atoms with Crippen LogP contribution in [0.1, 0.15) is 31.2 Å². The van der Waals surface area contributed by atoms with Gasteiger partial charge in [0.15, 0.2) is 5.96 Å². The van der Waals surface area contributed by atoms with Crippen LogP contribution in [0.5, 0.6) is 0 Å². The number of nitrogens with zero attached hydrogens (tertiary/aromatic N) is 3. The molecule has 1 aromatic heterocycles. The number of likely N-dealkylation sites (tertiary alicyclic amines) is 1. The lowest BCUT2D eigenvalue weighted by Crippen LogP contribution is -2.48. The number of hydrogen-bond donors (Lipinski definition) is 3. The van der Waals surface area contributed by atoms with E-state index in [1.54, 1.807) is 4.90 Å². The van der Waals surface area contributed by atoms with E-state index in [9.17, 15) is 4.79 Å². The number of aromatic amines is 1. The lowest BCUT2D eigenvalue weighted by molar-refractivity contribution is 0.0963. The third-order valence-electron chi connectivity index (χ3n) is 4.54. The molecule has 1 amide bonds. The predicted molar refractivity (Wildman–Crippen MR) is 101 cm³/mol. The number of benzene rings is 1. The van der Waals surface area contributed by atoms with Crippen LogP contribution >= 0.6 is 0 Å². The number of piperidine rings is 1. The first-order chi connectivity index (χ1) is 12.6. The van der Waals surface area contributed by atoms with E-state index in [1.165, 1.54) is 0 Å². The highest BCUT2D eigenvalue weighted by molar-refractivity contribution is 5.79. The quantitative estimate of drug-likeness (QED) is 0.571. The highest BCUT2D eigenvalue weighted by Crippen LogP contribution is 2.16.